The number of nitrogens with one attached hydrogen (secondary N) is 1. The molecular weight excluding hydrogens is 292 g/mol. The molecule has 1 heterocycles. The average Bonchev–Trinajstić information content (AvgIpc) is 2.58. The van der Waals surface area contributed by atoms with E-state index in [1.54, 1.807) is 0 Å². The third-order valence-corrected chi connectivity index (χ3v) is 4.48. The van der Waals surface area contributed by atoms with Crippen LogP contribution in [0.3, 0.4) is 0 Å². The molecule has 0 unspecified atom stereocenters. The van der Waals surface area contributed by atoms with Crippen molar-refractivity contribution in [2.24, 2.45) is 5.73 Å². The Morgan fingerprint density at radius 1 is 1.14 bits per heavy atom. The molecule has 2 amide bonds. The van der Waals surface area contributed by atoms with Gasteiger partial charge < -0.3 is 21.0 Å². The van der Waals surface area contributed by atoms with Gasteiger partial charge in [0.05, 0.1) is 11.5 Å². The molecule has 2 rings (SSSR count). The van der Waals surface area contributed by atoms with E-state index >= 15 is 0 Å². The van der Waals surface area contributed by atoms with Crippen LogP contribution in [0.1, 0.15) is 40.1 Å². The van der Waals surface area contributed by atoms with Gasteiger partial charge in [-0.25, -0.2) is 0 Å². The van der Waals surface area contributed by atoms with E-state index in [2.05, 4.69) is 5.32 Å². The second kappa shape index (κ2) is 6.53. The first-order chi connectivity index (χ1) is 9.99. The minimum Gasteiger partial charge on any atom is -0.545 e. The predicted molar refractivity (Wildman–Crippen MR) is 76.9 cm³/mol. The van der Waals surface area contributed by atoms with Gasteiger partial charge in [0, 0.05) is 11.0 Å². The first kappa shape index (κ1) is 15.2. The lowest BCUT2D eigenvalue weighted by Gasteiger charge is -2.04. The number of carboxylic acids is 1. The molecule has 1 aromatic heterocycles. The maximum atomic E-state index is 11.7. The first-order valence-electron chi connectivity index (χ1n) is 6.63. The first-order valence-corrected chi connectivity index (χ1v) is 7.45. The summed E-state index contributed by atoms with van der Waals surface area (Å²) in [5, 5.41) is 13.2. The Hall–Kier alpha value is -2.15. The van der Waals surface area contributed by atoms with Crippen molar-refractivity contribution in [2.45, 2.75) is 32.1 Å². The Labute approximate surface area is 125 Å². The van der Waals surface area contributed by atoms with Crippen LogP contribution in [0.2, 0.25) is 0 Å². The fourth-order valence-electron chi connectivity index (χ4n) is 2.39. The molecular formula is C14H15N2O4S-. The molecule has 0 saturated carbocycles. The Morgan fingerprint density at radius 2 is 1.86 bits per heavy atom. The monoisotopic (exact) mass is 307 g/mol. The van der Waals surface area contributed by atoms with Crippen LogP contribution in [0.5, 0.6) is 0 Å². The molecule has 1 aliphatic rings. The molecule has 112 valence electrons. The fourth-order valence-corrected chi connectivity index (χ4v) is 3.69. The van der Waals surface area contributed by atoms with E-state index in [-0.39, 0.29) is 0 Å². The Kier molecular flexibility index (Phi) is 4.74. The van der Waals surface area contributed by atoms with E-state index in [9.17, 15) is 19.5 Å². The fraction of sp³-hybridized carbons (Fsp3) is 0.357. The zero-order valence-electron chi connectivity index (χ0n) is 11.3. The van der Waals surface area contributed by atoms with E-state index in [1.807, 2.05) is 0 Å². The van der Waals surface area contributed by atoms with Gasteiger partial charge in [-0.05, 0) is 37.3 Å². The van der Waals surface area contributed by atoms with Gasteiger partial charge in [-0.3, -0.25) is 9.59 Å². The Balaban J connectivity index is 2.29. The third kappa shape index (κ3) is 3.69. The van der Waals surface area contributed by atoms with Gasteiger partial charge in [0.25, 0.3) is 5.91 Å². The quantitative estimate of drug-likeness (QED) is 0.617. The van der Waals surface area contributed by atoms with Crippen molar-refractivity contribution in [1.29, 1.82) is 0 Å². The molecule has 7 heteroatoms. The van der Waals surface area contributed by atoms with Crippen LogP contribution in [0.25, 0.3) is 0 Å². The number of aliphatic carboxylic acids is 1. The molecule has 0 saturated heterocycles. The standard InChI is InChI=1S/C14H16N2O4S/c15-13(20)12-8-4-2-1-3-5-9(8)21-14(12)16-10(17)6-7-11(18)19/h6-7H,1-5H2,(H2,15,20)(H,16,17)(H,18,19)/p-1/b7-6+. The molecule has 0 spiro atoms. The molecule has 0 atom stereocenters. The van der Waals surface area contributed by atoms with Crippen molar-refractivity contribution in [3.8, 4) is 0 Å². The number of carbonyl (C=O) groups excluding carboxylic acids is 3. The number of fused-ring (bicyclic) bond motifs is 1. The topological polar surface area (TPSA) is 112 Å². The van der Waals surface area contributed by atoms with Crippen molar-refractivity contribution in [3.63, 3.8) is 0 Å². The highest BCUT2D eigenvalue weighted by molar-refractivity contribution is 7.17. The SMILES string of the molecule is NC(=O)c1c(NC(=O)/C=C/C(=O)[O-])sc2c1CCCCC2. The number of hydrogen-bond acceptors (Lipinski definition) is 5. The maximum absolute atomic E-state index is 11.7. The summed E-state index contributed by atoms with van der Waals surface area (Å²) < 4.78 is 0. The summed E-state index contributed by atoms with van der Waals surface area (Å²) in [4.78, 5) is 34.7. The summed E-state index contributed by atoms with van der Waals surface area (Å²) >= 11 is 1.34. The number of thiophene rings is 1. The smallest absolute Gasteiger partial charge is 0.251 e. The van der Waals surface area contributed by atoms with Crippen LogP contribution in [0.15, 0.2) is 12.2 Å². The molecule has 21 heavy (non-hydrogen) atoms. The molecule has 0 aromatic carbocycles. The number of carboxylic acid groups (broad SMARTS) is 1. The second-order valence-electron chi connectivity index (χ2n) is 4.77. The highest BCUT2D eigenvalue weighted by Gasteiger charge is 2.23. The average molecular weight is 307 g/mol. The van der Waals surface area contributed by atoms with E-state index in [4.69, 9.17) is 5.73 Å². The van der Waals surface area contributed by atoms with Crippen LogP contribution < -0.4 is 16.2 Å². The molecule has 1 aromatic rings. The number of amides is 2. The van der Waals surface area contributed by atoms with Crippen molar-refractivity contribution in [3.05, 3.63) is 28.2 Å². The van der Waals surface area contributed by atoms with Crippen LogP contribution in [0, 0.1) is 0 Å². The summed E-state index contributed by atoms with van der Waals surface area (Å²) in [6, 6.07) is 0. The lowest BCUT2D eigenvalue weighted by atomic mass is 10.1. The van der Waals surface area contributed by atoms with Gasteiger partial charge in [-0.15, -0.1) is 11.3 Å². The van der Waals surface area contributed by atoms with Crippen LogP contribution in [-0.2, 0) is 22.4 Å². The minimum atomic E-state index is -1.46. The number of primary amides is 1. The highest BCUT2D eigenvalue weighted by atomic mass is 32.1. The van der Waals surface area contributed by atoms with Crippen molar-refractivity contribution < 1.29 is 19.5 Å². The number of nitrogens with two attached hydrogens (primary N) is 1. The zero-order chi connectivity index (χ0) is 15.4. The number of anilines is 1. The van der Waals surface area contributed by atoms with Gasteiger partial charge in [0.2, 0.25) is 5.91 Å². The Bertz CT molecular complexity index is 619. The lowest BCUT2D eigenvalue weighted by Crippen LogP contribution is -2.20. The van der Waals surface area contributed by atoms with Crippen molar-refractivity contribution >= 4 is 34.1 Å². The number of carbonyl (C=O) groups is 3. The molecule has 0 bridgehead atoms. The number of aryl methyl sites for hydroxylation is 1. The molecule has 6 nitrogen and oxygen atoms in total. The summed E-state index contributed by atoms with van der Waals surface area (Å²) in [6.07, 6.45) is 6.27. The summed E-state index contributed by atoms with van der Waals surface area (Å²) in [6.45, 7) is 0. The van der Waals surface area contributed by atoms with Gasteiger partial charge in [-0.2, -0.15) is 0 Å². The number of hydrogen-bond donors (Lipinski definition) is 2. The highest BCUT2D eigenvalue weighted by Crippen LogP contribution is 2.37. The van der Waals surface area contributed by atoms with Gasteiger partial charge in [0.15, 0.2) is 0 Å². The van der Waals surface area contributed by atoms with E-state index in [0.717, 1.165) is 48.6 Å². The van der Waals surface area contributed by atoms with Gasteiger partial charge in [-0.1, -0.05) is 6.42 Å². The normalized spacial score (nSPS) is 14.5. The van der Waals surface area contributed by atoms with Crippen LogP contribution >= 0.6 is 11.3 Å². The Morgan fingerprint density at radius 3 is 2.52 bits per heavy atom. The lowest BCUT2D eigenvalue weighted by molar-refractivity contribution is -0.297. The third-order valence-electron chi connectivity index (χ3n) is 3.28. The number of rotatable bonds is 4. The predicted octanol–water partition coefficient (Wildman–Crippen LogP) is 0.360. The molecule has 0 aliphatic heterocycles. The van der Waals surface area contributed by atoms with Crippen molar-refractivity contribution in [1.82, 2.24) is 0 Å². The summed E-state index contributed by atoms with van der Waals surface area (Å²) in [5.74, 6) is -2.66. The van der Waals surface area contributed by atoms with Gasteiger partial charge >= 0.3 is 0 Å². The molecule has 0 fully saturated rings. The molecule has 1 aliphatic carbocycles. The van der Waals surface area contributed by atoms with Crippen molar-refractivity contribution in [2.75, 3.05) is 5.32 Å². The molecule has 3 N–H and O–H groups in total. The van der Waals surface area contributed by atoms with E-state index in [0.29, 0.717) is 16.6 Å². The van der Waals surface area contributed by atoms with E-state index in [1.165, 1.54) is 11.3 Å². The second-order valence-corrected chi connectivity index (χ2v) is 5.88. The minimum absolute atomic E-state index is 0.354. The van der Waals surface area contributed by atoms with Gasteiger partial charge in [0.1, 0.15) is 5.00 Å². The largest absolute Gasteiger partial charge is 0.545 e. The summed E-state index contributed by atoms with van der Waals surface area (Å²) in [5.41, 5.74) is 6.70. The van der Waals surface area contributed by atoms with Crippen LogP contribution in [0.4, 0.5) is 5.00 Å². The van der Waals surface area contributed by atoms with Crippen LogP contribution in [-0.4, -0.2) is 17.8 Å². The maximum Gasteiger partial charge on any atom is 0.251 e. The van der Waals surface area contributed by atoms with E-state index < -0.39 is 17.8 Å². The molecule has 0 radical (unpaired) electrons. The summed E-state index contributed by atoms with van der Waals surface area (Å²) in [7, 11) is 0. The zero-order valence-corrected chi connectivity index (χ0v) is 12.1.